The van der Waals surface area contributed by atoms with Crippen LogP contribution in [-0.4, -0.2) is 20.8 Å². The van der Waals surface area contributed by atoms with E-state index in [1.54, 1.807) is 48.5 Å². The fourth-order valence-electron chi connectivity index (χ4n) is 2.30. The standard InChI is InChI=1S/C18H15BrN6O3/c1-11-2-4-12(5-3-11)18(26)24-23-17-15(25(27)28)16(20-10-21-17)22-14-8-6-13(19)7-9-14/h2-10H,1H3,(H,24,26)(H2,20,21,22,23). The van der Waals surface area contributed by atoms with Gasteiger partial charge in [0.15, 0.2) is 0 Å². The molecular weight excluding hydrogens is 428 g/mol. The molecule has 9 nitrogen and oxygen atoms in total. The van der Waals surface area contributed by atoms with Crippen molar-refractivity contribution in [2.75, 3.05) is 10.7 Å². The molecular formula is C18H15BrN6O3. The third kappa shape index (κ3) is 4.60. The Balaban J connectivity index is 1.80. The smallest absolute Gasteiger partial charge is 0.334 e. The van der Waals surface area contributed by atoms with E-state index in [0.29, 0.717) is 11.3 Å². The molecule has 0 aliphatic rings. The average molecular weight is 443 g/mol. The van der Waals surface area contributed by atoms with Gasteiger partial charge in [-0.1, -0.05) is 33.6 Å². The van der Waals surface area contributed by atoms with Gasteiger partial charge in [-0.2, -0.15) is 0 Å². The lowest BCUT2D eigenvalue weighted by atomic mass is 10.1. The topological polar surface area (TPSA) is 122 Å². The predicted molar refractivity (Wildman–Crippen MR) is 108 cm³/mol. The summed E-state index contributed by atoms with van der Waals surface area (Å²) in [5.74, 6) is -0.593. The Bertz CT molecular complexity index is 1010. The molecule has 3 rings (SSSR count). The van der Waals surface area contributed by atoms with Crippen LogP contribution in [0.1, 0.15) is 15.9 Å². The summed E-state index contributed by atoms with van der Waals surface area (Å²) in [6, 6.07) is 13.9. The van der Waals surface area contributed by atoms with Gasteiger partial charge in [0.1, 0.15) is 6.33 Å². The van der Waals surface area contributed by atoms with E-state index in [2.05, 4.69) is 42.1 Å². The normalized spacial score (nSPS) is 10.2. The minimum Gasteiger partial charge on any atom is -0.334 e. The summed E-state index contributed by atoms with van der Waals surface area (Å²) in [7, 11) is 0. The number of carbonyl (C=O) groups is 1. The number of hydrogen-bond acceptors (Lipinski definition) is 7. The number of amides is 1. The molecule has 10 heteroatoms. The van der Waals surface area contributed by atoms with Gasteiger partial charge >= 0.3 is 5.69 Å². The highest BCUT2D eigenvalue weighted by Gasteiger charge is 2.23. The molecule has 142 valence electrons. The van der Waals surface area contributed by atoms with Crippen molar-refractivity contribution in [1.82, 2.24) is 15.4 Å². The summed E-state index contributed by atoms with van der Waals surface area (Å²) in [4.78, 5) is 31.0. The molecule has 28 heavy (non-hydrogen) atoms. The Morgan fingerprint density at radius 3 is 2.32 bits per heavy atom. The summed E-state index contributed by atoms with van der Waals surface area (Å²) in [5.41, 5.74) is 6.55. The van der Waals surface area contributed by atoms with Crippen LogP contribution in [0.2, 0.25) is 0 Å². The summed E-state index contributed by atoms with van der Waals surface area (Å²) >= 11 is 3.33. The number of nitrogens with zero attached hydrogens (tertiary/aromatic N) is 3. The number of anilines is 3. The lowest BCUT2D eigenvalue weighted by Gasteiger charge is -2.11. The largest absolute Gasteiger partial charge is 0.355 e. The summed E-state index contributed by atoms with van der Waals surface area (Å²) < 4.78 is 0.872. The van der Waals surface area contributed by atoms with E-state index < -0.39 is 16.5 Å². The first-order chi connectivity index (χ1) is 13.4. The lowest BCUT2D eigenvalue weighted by Crippen LogP contribution is -2.30. The van der Waals surface area contributed by atoms with Crippen molar-refractivity contribution in [3.8, 4) is 0 Å². The summed E-state index contributed by atoms with van der Waals surface area (Å²) in [5, 5.41) is 14.4. The van der Waals surface area contributed by atoms with Gasteiger partial charge in [0, 0.05) is 15.7 Å². The summed E-state index contributed by atoms with van der Waals surface area (Å²) in [6.07, 6.45) is 1.16. The van der Waals surface area contributed by atoms with Crippen LogP contribution in [0.5, 0.6) is 0 Å². The molecule has 0 bridgehead atoms. The number of nitro groups is 1. The van der Waals surface area contributed by atoms with Crippen LogP contribution >= 0.6 is 15.9 Å². The highest BCUT2D eigenvalue weighted by molar-refractivity contribution is 9.10. The van der Waals surface area contributed by atoms with Crippen molar-refractivity contribution in [2.24, 2.45) is 0 Å². The fraction of sp³-hybridized carbons (Fsp3) is 0.0556. The van der Waals surface area contributed by atoms with Gasteiger partial charge < -0.3 is 5.32 Å². The van der Waals surface area contributed by atoms with Crippen LogP contribution < -0.4 is 16.2 Å². The molecule has 0 spiro atoms. The second-order valence-electron chi connectivity index (χ2n) is 5.75. The number of benzene rings is 2. The van der Waals surface area contributed by atoms with E-state index in [4.69, 9.17) is 0 Å². The van der Waals surface area contributed by atoms with Crippen molar-refractivity contribution >= 4 is 44.8 Å². The molecule has 0 saturated carbocycles. The number of aryl methyl sites for hydroxylation is 1. The van der Waals surface area contributed by atoms with Gasteiger partial charge in [-0.05, 0) is 43.3 Å². The molecule has 2 aromatic carbocycles. The maximum atomic E-state index is 12.2. The van der Waals surface area contributed by atoms with Crippen LogP contribution in [0, 0.1) is 17.0 Å². The molecule has 0 saturated heterocycles. The maximum absolute atomic E-state index is 12.2. The predicted octanol–water partition coefficient (Wildman–Crippen LogP) is 3.96. The first kappa shape index (κ1) is 19.2. The molecule has 0 fully saturated rings. The van der Waals surface area contributed by atoms with E-state index in [-0.39, 0.29) is 11.6 Å². The molecule has 0 radical (unpaired) electrons. The minimum absolute atomic E-state index is 0.00518. The van der Waals surface area contributed by atoms with E-state index in [0.717, 1.165) is 16.4 Å². The Morgan fingerprint density at radius 1 is 1.04 bits per heavy atom. The number of hydrogen-bond donors (Lipinski definition) is 3. The van der Waals surface area contributed by atoms with Crippen LogP contribution in [-0.2, 0) is 0 Å². The van der Waals surface area contributed by atoms with Crippen LogP contribution in [0.4, 0.5) is 23.0 Å². The minimum atomic E-state index is -0.623. The van der Waals surface area contributed by atoms with Gasteiger partial charge in [0.25, 0.3) is 5.91 Å². The van der Waals surface area contributed by atoms with E-state index in [1.807, 2.05) is 6.92 Å². The molecule has 0 aliphatic heterocycles. The molecule has 3 aromatic rings. The maximum Gasteiger partial charge on any atom is 0.355 e. The van der Waals surface area contributed by atoms with E-state index in [9.17, 15) is 14.9 Å². The number of rotatable bonds is 6. The van der Waals surface area contributed by atoms with Crippen LogP contribution in [0.3, 0.4) is 0 Å². The van der Waals surface area contributed by atoms with Crippen molar-refractivity contribution in [3.05, 3.63) is 80.6 Å². The third-order valence-electron chi connectivity index (χ3n) is 3.72. The average Bonchev–Trinajstić information content (AvgIpc) is 2.68. The fourth-order valence-corrected chi connectivity index (χ4v) is 2.56. The van der Waals surface area contributed by atoms with Gasteiger partial charge in [0.2, 0.25) is 11.6 Å². The van der Waals surface area contributed by atoms with Gasteiger partial charge in [-0.25, -0.2) is 9.97 Å². The molecule has 1 aromatic heterocycles. The number of aromatic nitrogens is 2. The Kier molecular flexibility index (Phi) is 5.80. The highest BCUT2D eigenvalue weighted by atomic mass is 79.9. The third-order valence-corrected chi connectivity index (χ3v) is 4.25. The molecule has 0 unspecified atom stereocenters. The number of carbonyl (C=O) groups excluding carboxylic acids is 1. The van der Waals surface area contributed by atoms with Gasteiger partial charge in [-0.3, -0.25) is 25.8 Å². The quantitative estimate of drug-likeness (QED) is 0.389. The van der Waals surface area contributed by atoms with Crippen molar-refractivity contribution < 1.29 is 9.72 Å². The second-order valence-corrected chi connectivity index (χ2v) is 6.67. The molecule has 1 amide bonds. The molecule has 1 heterocycles. The zero-order valence-corrected chi connectivity index (χ0v) is 16.2. The van der Waals surface area contributed by atoms with E-state index in [1.165, 1.54) is 0 Å². The van der Waals surface area contributed by atoms with Crippen molar-refractivity contribution in [2.45, 2.75) is 6.92 Å². The zero-order valence-electron chi connectivity index (χ0n) is 14.6. The molecule has 3 N–H and O–H groups in total. The Morgan fingerprint density at radius 2 is 1.68 bits per heavy atom. The summed E-state index contributed by atoms with van der Waals surface area (Å²) in [6.45, 7) is 1.91. The lowest BCUT2D eigenvalue weighted by molar-refractivity contribution is -0.383. The number of nitrogens with one attached hydrogen (secondary N) is 3. The number of halogens is 1. The molecule has 0 aliphatic carbocycles. The second kappa shape index (κ2) is 8.44. The monoisotopic (exact) mass is 442 g/mol. The molecule has 0 atom stereocenters. The van der Waals surface area contributed by atoms with Gasteiger partial charge in [-0.15, -0.1) is 0 Å². The van der Waals surface area contributed by atoms with Crippen molar-refractivity contribution in [1.29, 1.82) is 0 Å². The zero-order chi connectivity index (χ0) is 20.1. The Labute approximate surface area is 168 Å². The first-order valence-electron chi connectivity index (χ1n) is 8.09. The number of hydrazine groups is 1. The van der Waals surface area contributed by atoms with Gasteiger partial charge in [0.05, 0.1) is 4.92 Å². The first-order valence-corrected chi connectivity index (χ1v) is 8.88. The van der Waals surface area contributed by atoms with E-state index >= 15 is 0 Å². The SMILES string of the molecule is Cc1ccc(C(=O)NNc2ncnc(Nc3ccc(Br)cc3)c2[N+](=O)[O-])cc1. The van der Waals surface area contributed by atoms with Crippen LogP contribution in [0.25, 0.3) is 0 Å². The van der Waals surface area contributed by atoms with Crippen molar-refractivity contribution in [3.63, 3.8) is 0 Å². The van der Waals surface area contributed by atoms with Crippen LogP contribution in [0.15, 0.2) is 59.3 Å². The highest BCUT2D eigenvalue weighted by Crippen LogP contribution is 2.31. The Hall–Kier alpha value is -3.53.